The quantitative estimate of drug-likeness (QED) is 0.301. The number of rotatable bonds is 5. The molecular formula is C30H22FN3O2. The molecule has 0 saturated heterocycles. The number of hydrogen-bond donors (Lipinski definition) is 3. The van der Waals surface area contributed by atoms with E-state index in [2.05, 4.69) is 27.6 Å². The Balaban J connectivity index is 1.38. The van der Waals surface area contributed by atoms with Crippen molar-refractivity contribution in [2.45, 2.75) is 12.0 Å². The molecule has 1 atom stereocenters. The zero-order valence-corrected chi connectivity index (χ0v) is 19.2. The molecule has 4 aromatic carbocycles. The van der Waals surface area contributed by atoms with Crippen LogP contribution in [0.2, 0.25) is 0 Å². The van der Waals surface area contributed by atoms with Crippen LogP contribution in [-0.2, 0) is 16.8 Å². The molecule has 5 nitrogen and oxygen atoms in total. The van der Waals surface area contributed by atoms with Gasteiger partial charge in [0.1, 0.15) is 5.82 Å². The molecule has 1 aromatic heterocycles. The van der Waals surface area contributed by atoms with Gasteiger partial charge in [-0.2, -0.15) is 5.10 Å². The van der Waals surface area contributed by atoms with Crippen LogP contribution in [0.3, 0.4) is 0 Å². The topological polar surface area (TPSA) is 78.0 Å². The normalized spacial score (nSPS) is 13.5. The Hall–Kier alpha value is -4.55. The summed E-state index contributed by atoms with van der Waals surface area (Å²) >= 11 is 0. The minimum atomic E-state index is -2.11. The summed E-state index contributed by atoms with van der Waals surface area (Å²) < 4.78 is 14.1. The Bertz CT molecular complexity index is 1580. The van der Waals surface area contributed by atoms with Crippen LogP contribution in [0.15, 0.2) is 103 Å². The molecule has 1 unspecified atom stereocenters. The second kappa shape index (κ2) is 8.59. The molecule has 1 aliphatic rings. The first-order valence-corrected chi connectivity index (χ1v) is 11.7. The maximum atomic E-state index is 14.1. The number of benzene rings is 4. The Morgan fingerprint density at radius 3 is 2.42 bits per heavy atom. The van der Waals surface area contributed by atoms with Gasteiger partial charge in [-0.3, -0.25) is 9.89 Å². The smallest absolute Gasteiger partial charge is 0.265 e. The molecule has 6 rings (SSSR count). The molecule has 0 bridgehead atoms. The molecule has 176 valence electrons. The third kappa shape index (κ3) is 3.59. The standard InChI is InChI=1S/C30H22FN3O2/c31-23-9-6-8-22(18-23)30(36,29(35)32-24-10-2-1-3-11-24)21-15-13-19(14-16-21)27-26-17-20-7-4-5-12-25(20)28(26)34-33-27/h1-16,18,36H,17H2,(H,32,35)(H,33,34). The molecule has 6 heteroatoms. The van der Waals surface area contributed by atoms with Crippen molar-refractivity contribution in [3.63, 3.8) is 0 Å². The Kier molecular flexibility index (Phi) is 5.24. The van der Waals surface area contributed by atoms with Crippen LogP contribution in [0.5, 0.6) is 0 Å². The highest BCUT2D eigenvalue weighted by Gasteiger charge is 2.40. The van der Waals surface area contributed by atoms with E-state index in [-0.39, 0.29) is 5.56 Å². The van der Waals surface area contributed by atoms with Crippen molar-refractivity contribution in [1.82, 2.24) is 10.2 Å². The van der Waals surface area contributed by atoms with E-state index in [0.717, 1.165) is 34.5 Å². The van der Waals surface area contributed by atoms with Crippen LogP contribution in [-0.4, -0.2) is 21.2 Å². The van der Waals surface area contributed by atoms with E-state index >= 15 is 0 Å². The average Bonchev–Trinajstić information content (AvgIpc) is 3.48. The zero-order chi connectivity index (χ0) is 24.7. The van der Waals surface area contributed by atoms with Gasteiger partial charge in [0.05, 0.1) is 11.4 Å². The number of carbonyl (C=O) groups excluding carboxylic acids is 1. The number of aromatic amines is 1. The molecular weight excluding hydrogens is 453 g/mol. The number of carbonyl (C=O) groups is 1. The van der Waals surface area contributed by atoms with Gasteiger partial charge in [0.2, 0.25) is 0 Å². The van der Waals surface area contributed by atoms with Crippen LogP contribution in [0.4, 0.5) is 10.1 Å². The maximum Gasteiger partial charge on any atom is 0.265 e. The summed E-state index contributed by atoms with van der Waals surface area (Å²) in [5.74, 6) is -1.22. The third-order valence-corrected chi connectivity index (χ3v) is 6.70. The number of para-hydroxylation sites is 1. The predicted octanol–water partition coefficient (Wildman–Crippen LogP) is 5.66. The van der Waals surface area contributed by atoms with E-state index in [0.29, 0.717) is 11.3 Å². The van der Waals surface area contributed by atoms with Gasteiger partial charge in [-0.15, -0.1) is 0 Å². The highest BCUT2D eigenvalue weighted by Crippen LogP contribution is 2.40. The summed E-state index contributed by atoms with van der Waals surface area (Å²) in [6.07, 6.45) is 0.784. The molecule has 3 N–H and O–H groups in total. The summed E-state index contributed by atoms with van der Waals surface area (Å²) in [6, 6.07) is 29.6. The van der Waals surface area contributed by atoms with E-state index in [1.54, 1.807) is 42.5 Å². The number of amides is 1. The van der Waals surface area contributed by atoms with Crippen LogP contribution < -0.4 is 5.32 Å². The number of fused-ring (bicyclic) bond motifs is 3. The van der Waals surface area contributed by atoms with E-state index in [4.69, 9.17) is 0 Å². The number of aliphatic hydroxyl groups is 1. The first kappa shape index (κ1) is 21.9. The van der Waals surface area contributed by atoms with Crippen LogP contribution in [0.1, 0.15) is 22.3 Å². The van der Waals surface area contributed by atoms with E-state index in [1.165, 1.54) is 23.8 Å². The summed E-state index contributed by atoms with van der Waals surface area (Å²) in [6.45, 7) is 0. The second-order valence-corrected chi connectivity index (χ2v) is 8.88. The number of H-pyrrole nitrogens is 1. The first-order chi connectivity index (χ1) is 17.5. The number of anilines is 1. The molecule has 5 aromatic rings. The van der Waals surface area contributed by atoms with Gasteiger partial charge in [-0.1, -0.05) is 78.9 Å². The summed E-state index contributed by atoms with van der Waals surface area (Å²) in [7, 11) is 0. The molecule has 1 aliphatic carbocycles. The average molecular weight is 476 g/mol. The minimum Gasteiger partial charge on any atom is -0.372 e. The summed E-state index contributed by atoms with van der Waals surface area (Å²) in [5.41, 5.74) is 5.10. The highest BCUT2D eigenvalue weighted by molar-refractivity contribution is 6.00. The third-order valence-electron chi connectivity index (χ3n) is 6.70. The van der Waals surface area contributed by atoms with Crippen molar-refractivity contribution in [1.29, 1.82) is 0 Å². The maximum absolute atomic E-state index is 14.1. The fourth-order valence-corrected chi connectivity index (χ4v) is 4.86. The van der Waals surface area contributed by atoms with Crippen molar-refractivity contribution in [3.05, 3.63) is 131 Å². The fraction of sp³-hybridized carbons (Fsp3) is 0.0667. The molecule has 0 radical (unpaired) electrons. The lowest BCUT2D eigenvalue weighted by Gasteiger charge is -2.28. The second-order valence-electron chi connectivity index (χ2n) is 8.88. The van der Waals surface area contributed by atoms with Gasteiger partial charge < -0.3 is 10.4 Å². The summed E-state index contributed by atoms with van der Waals surface area (Å²) in [5, 5.41) is 22.3. The molecule has 0 saturated carbocycles. The van der Waals surface area contributed by atoms with Crippen molar-refractivity contribution in [2.24, 2.45) is 0 Å². The lowest BCUT2D eigenvalue weighted by molar-refractivity contribution is -0.131. The fourth-order valence-electron chi connectivity index (χ4n) is 4.86. The molecule has 0 aliphatic heterocycles. The number of nitrogens with zero attached hydrogens (tertiary/aromatic N) is 1. The van der Waals surface area contributed by atoms with Crippen molar-refractivity contribution in [3.8, 4) is 22.5 Å². The number of halogens is 1. The molecule has 1 amide bonds. The Morgan fingerprint density at radius 1 is 0.889 bits per heavy atom. The van der Waals surface area contributed by atoms with Gasteiger partial charge in [0.25, 0.3) is 5.91 Å². The van der Waals surface area contributed by atoms with Crippen LogP contribution in [0.25, 0.3) is 22.5 Å². The van der Waals surface area contributed by atoms with Gasteiger partial charge in [0, 0.05) is 34.4 Å². The molecule has 1 heterocycles. The zero-order valence-electron chi connectivity index (χ0n) is 19.2. The lowest BCUT2D eigenvalue weighted by atomic mass is 9.84. The van der Waals surface area contributed by atoms with Crippen LogP contribution >= 0.6 is 0 Å². The van der Waals surface area contributed by atoms with Crippen molar-refractivity contribution < 1.29 is 14.3 Å². The van der Waals surface area contributed by atoms with Crippen molar-refractivity contribution >= 4 is 11.6 Å². The van der Waals surface area contributed by atoms with Gasteiger partial charge in [0.15, 0.2) is 5.60 Å². The summed E-state index contributed by atoms with van der Waals surface area (Å²) in [4.78, 5) is 13.4. The van der Waals surface area contributed by atoms with E-state index < -0.39 is 17.3 Å². The number of aromatic nitrogens is 2. The van der Waals surface area contributed by atoms with E-state index in [9.17, 15) is 14.3 Å². The molecule has 36 heavy (non-hydrogen) atoms. The van der Waals surface area contributed by atoms with Gasteiger partial charge in [-0.05, 0) is 35.4 Å². The predicted molar refractivity (Wildman–Crippen MR) is 137 cm³/mol. The van der Waals surface area contributed by atoms with Crippen molar-refractivity contribution in [2.75, 3.05) is 5.32 Å². The number of hydrogen-bond acceptors (Lipinski definition) is 3. The van der Waals surface area contributed by atoms with Crippen LogP contribution in [0, 0.1) is 5.82 Å². The monoisotopic (exact) mass is 475 g/mol. The Labute approximate surface area is 207 Å². The molecule has 0 spiro atoms. The lowest BCUT2D eigenvalue weighted by Crippen LogP contribution is -2.41. The number of nitrogens with one attached hydrogen (secondary N) is 2. The van der Waals surface area contributed by atoms with Gasteiger partial charge in [-0.25, -0.2) is 4.39 Å². The van der Waals surface area contributed by atoms with E-state index in [1.807, 2.05) is 30.3 Å². The van der Waals surface area contributed by atoms with Gasteiger partial charge >= 0.3 is 0 Å². The highest BCUT2D eigenvalue weighted by atomic mass is 19.1. The first-order valence-electron chi connectivity index (χ1n) is 11.7. The Morgan fingerprint density at radius 2 is 1.64 bits per heavy atom. The minimum absolute atomic E-state index is 0.139. The largest absolute Gasteiger partial charge is 0.372 e. The SMILES string of the molecule is O=C(Nc1ccccc1)C(O)(c1ccc(-c2n[nH]c3c2Cc2ccccc2-3)cc1)c1cccc(F)c1. The molecule has 0 fully saturated rings.